The van der Waals surface area contributed by atoms with Gasteiger partial charge in [-0.05, 0) is 54.4 Å². The van der Waals surface area contributed by atoms with E-state index in [0.29, 0.717) is 40.9 Å². The standard InChI is InChI=1S/C31H32FN7O2S/c1-3-20-16-34-26-9-8-23(38-12-10-37(11-13-38)19-28(41)39-17-24(40)18-39)14-25(26)30(20)36(2)31-35-29(27(15-33)42-31)21-4-6-22(32)7-5-21/h4-9,14,16,24,40H,3,10-13,17-19H2,1-2H3. The summed E-state index contributed by atoms with van der Waals surface area (Å²) >= 11 is 1.31. The Labute approximate surface area is 248 Å². The molecule has 0 aliphatic carbocycles. The Balaban J connectivity index is 1.26. The summed E-state index contributed by atoms with van der Waals surface area (Å²) in [6.45, 7) is 6.51. The van der Waals surface area contributed by atoms with Crippen molar-refractivity contribution in [3.8, 4) is 17.3 Å². The Bertz CT molecular complexity index is 1650. The van der Waals surface area contributed by atoms with Crippen molar-refractivity contribution in [2.75, 3.05) is 62.7 Å². The minimum Gasteiger partial charge on any atom is -0.389 e. The second-order valence-corrected chi connectivity index (χ2v) is 11.7. The molecule has 0 saturated carbocycles. The van der Waals surface area contributed by atoms with E-state index in [-0.39, 0.29) is 17.8 Å². The Hall–Kier alpha value is -4.11. The van der Waals surface area contributed by atoms with Gasteiger partial charge in [0.15, 0.2) is 5.13 Å². The number of piperazine rings is 1. The van der Waals surface area contributed by atoms with Crippen molar-refractivity contribution in [3.63, 3.8) is 0 Å². The van der Waals surface area contributed by atoms with E-state index in [0.717, 1.165) is 60.4 Å². The van der Waals surface area contributed by atoms with Crippen LogP contribution in [0.3, 0.4) is 0 Å². The lowest BCUT2D eigenvalue weighted by Crippen LogP contribution is -2.57. The van der Waals surface area contributed by atoms with E-state index in [9.17, 15) is 19.6 Å². The molecule has 216 valence electrons. The van der Waals surface area contributed by atoms with Gasteiger partial charge in [0.25, 0.3) is 0 Å². The SMILES string of the molecule is CCc1cnc2ccc(N3CCN(CC(=O)N4CC(O)C4)CC3)cc2c1N(C)c1nc(-c2ccc(F)cc2)c(C#N)s1. The van der Waals surface area contributed by atoms with Crippen LogP contribution in [0.15, 0.2) is 48.7 Å². The van der Waals surface area contributed by atoms with Crippen LogP contribution in [0, 0.1) is 17.1 Å². The number of anilines is 3. The monoisotopic (exact) mass is 585 g/mol. The highest BCUT2D eigenvalue weighted by Crippen LogP contribution is 2.40. The molecular formula is C31H32FN7O2S. The predicted octanol–water partition coefficient (Wildman–Crippen LogP) is 4.02. The summed E-state index contributed by atoms with van der Waals surface area (Å²) in [7, 11) is 1.96. The lowest BCUT2D eigenvalue weighted by molar-refractivity contribution is -0.142. The summed E-state index contributed by atoms with van der Waals surface area (Å²) < 4.78 is 13.5. The Kier molecular flexibility index (Phi) is 7.77. The van der Waals surface area contributed by atoms with Crippen molar-refractivity contribution in [1.29, 1.82) is 5.26 Å². The minimum absolute atomic E-state index is 0.0784. The number of nitriles is 1. The number of carbonyl (C=O) groups is 1. The van der Waals surface area contributed by atoms with E-state index in [2.05, 4.69) is 34.9 Å². The fraction of sp³-hybridized carbons (Fsp3) is 0.355. The summed E-state index contributed by atoms with van der Waals surface area (Å²) in [5, 5.41) is 21.0. The molecule has 0 radical (unpaired) electrons. The van der Waals surface area contributed by atoms with Gasteiger partial charge in [-0.3, -0.25) is 14.7 Å². The van der Waals surface area contributed by atoms with Crippen molar-refractivity contribution in [1.82, 2.24) is 19.8 Å². The number of aryl methyl sites for hydroxylation is 1. The van der Waals surface area contributed by atoms with Gasteiger partial charge in [-0.25, -0.2) is 9.37 Å². The molecule has 0 bridgehead atoms. The third-order valence-corrected chi connectivity index (χ3v) is 9.08. The van der Waals surface area contributed by atoms with Crippen LogP contribution in [0.5, 0.6) is 0 Å². The molecule has 0 atom stereocenters. The van der Waals surface area contributed by atoms with Crippen LogP contribution in [-0.2, 0) is 11.2 Å². The van der Waals surface area contributed by atoms with Gasteiger partial charge in [0.1, 0.15) is 22.5 Å². The maximum atomic E-state index is 13.5. The third-order valence-electron chi connectivity index (χ3n) is 8.05. The molecule has 0 spiro atoms. The molecule has 11 heteroatoms. The molecule has 2 aromatic carbocycles. The predicted molar refractivity (Wildman–Crippen MR) is 163 cm³/mol. The number of hydrogen-bond donors (Lipinski definition) is 1. The maximum absolute atomic E-state index is 13.5. The van der Waals surface area contributed by atoms with Gasteiger partial charge in [0.2, 0.25) is 5.91 Å². The number of aliphatic hydroxyl groups is 1. The molecule has 1 amide bonds. The maximum Gasteiger partial charge on any atom is 0.236 e. The highest BCUT2D eigenvalue weighted by Gasteiger charge is 2.30. The Morgan fingerprint density at radius 2 is 1.90 bits per heavy atom. The molecule has 42 heavy (non-hydrogen) atoms. The van der Waals surface area contributed by atoms with Crippen LogP contribution in [-0.4, -0.2) is 89.7 Å². The van der Waals surface area contributed by atoms with Crippen LogP contribution in [0.25, 0.3) is 22.2 Å². The van der Waals surface area contributed by atoms with E-state index >= 15 is 0 Å². The summed E-state index contributed by atoms with van der Waals surface area (Å²) in [6.07, 6.45) is 2.29. The normalized spacial score (nSPS) is 16.0. The molecule has 2 fully saturated rings. The molecule has 1 N–H and O–H groups in total. The van der Waals surface area contributed by atoms with Crippen molar-refractivity contribution in [2.45, 2.75) is 19.4 Å². The second kappa shape index (κ2) is 11.6. The summed E-state index contributed by atoms with van der Waals surface area (Å²) in [6, 6.07) is 14.6. The van der Waals surface area contributed by atoms with Crippen LogP contribution in [0.4, 0.5) is 20.9 Å². The van der Waals surface area contributed by atoms with Crippen molar-refractivity contribution in [2.24, 2.45) is 0 Å². The Morgan fingerprint density at radius 3 is 2.57 bits per heavy atom. The first-order valence-electron chi connectivity index (χ1n) is 14.1. The number of benzene rings is 2. The van der Waals surface area contributed by atoms with Crippen molar-refractivity contribution >= 4 is 44.7 Å². The van der Waals surface area contributed by atoms with E-state index in [1.165, 1.54) is 23.5 Å². The van der Waals surface area contributed by atoms with Gasteiger partial charge in [-0.15, -0.1) is 0 Å². The first kappa shape index (κ1) is 28.0. The van der Waals surface area contributed by atoms with Crippen LogP contribution in [0.2, 0.25) is 0 Å². The number of β-amino-alcohol motifs (C(OH)–C–C–N with tert-alkyl or cyclic N) is 1. The highest BCUT2D eigenvalue weighted by molar-refractivity contribution is 7.16. The molecule has 2 saturated heterocycles. The molecule has 2 aromatic heterocycles. The van der Waals surface area contributed by atoms with Crippen LogP contribution >= 0.6 is 11.3 Å². The highest BCUT2D eigenvalue weighted by atomic mass is 32.1. The van der Waals surface area contributed by atoms with Gasteiger partial charge >= 0.3 is 0 Å². The number of thiazole rings is 1. The van der Waals surface area contributed by atoms with Gasteiger partial charge in [-0.2, -0.15) is 5.26 Å². The average molecular weight is 586 g/mol. The van der Waals surface area contributed by atoms with E-state index in [1.54, 1.807) is 17.0 Å². The number of pyridine rings is 1. The smallest absolute Gasteiger partial charge is 0.236 e. The number of nitrogens with zero attached hydrogens (tertiary/aromatic N) is 7. The quantitative estimate of drug-likeness (QED) is 0.347. The second-order valence-electron chi connectivity index (χ2n) is 10.8. The topological polar surface area (TPSA) is 99.8 Å². The molecule has 0 unspecified atom stereocenters. The fourth-order valence-electron chi connectivity index (χ4n) is 5.60. The lowest BCUT2D eigenvalue weighted by Gasteiger charge is -2.39. The number of aliphatic hydroxyl groups excluding tert-OH is 1. The molecule has 2 aliphatic heterocycles. The third kappa shape index (κ3) is 5.41. The number of hydrogen-bond acceptors (Lipinski definition) is 9. The zero-order valence-corrected chi connectivity index (χ0v) is 24.4. The van der Waals surface area contributed by atoms with E-state index in [4.69, 9.17) is 9.97 Å². The lowest BCUT2D eigenvalue weighted by atomic mass is 10.1. The summed E-state index contributed by atoms with van der Waals surface area (Å²) in [5.74, 6) is -0.256. The number of halogens is 1. The van der Waals surface area contributed by atoms with Crippen molar-refractivity contribution < 1.29 is 14.3 Å². The van der Waals surface area contributed by atoms with Gasteiger partial charge < -0.3 is 19.8 Å². The van der Waals surface area contributed by atoms with E-state index in [1.807, 2.05) is 24.2 Å². The number of likely N-dealkylation sites (tertiary alicyclic amines) is 1. The number of aromatic nitrogens is 2. The van der Waals surface area contributed by atoms with Gasteiger partial charge in [0, 0.05) is 69.2 Å². The number of carbonyl (C=O) groups excluding carboxylic acids is 1. The van der Waals surface area contributed by atoms with Gasteiger partial charge in [0.05, 0.1) is 23.9 Å². The van der Waals surface area contributed by atoms with Crippen molar-refractivity contribution in [3.05, 3.63) is 64.9 Å². The molecular weight excluding hydrogens is 553 g/mol. The molecule has 4 heterocycles. The van der Waals surface area contributed by atoms with Crippen LogP contribution in [0.1, 0.15) is 17.4 Å². The molecule has 2 aliphatic rings. The minimum atomic E-state index is -0.383. The first-order chi connectivity index (χ1) is 20.3. The molecule has 4 aromatic rings. The first-order valence-corrected chi connectivity index (χ1v) is 14.9. The summed E-state index contributed by atoms with van der Waals surface area (Å²) in [5.41, 5.74) is 5.27. The average Bonchev–Trinajstić information content (AvgIpc) is 3.43. The molecule has 9 nitrogen and oxygen atoms in total. The summed E-state index contributed by atoms with van der Waals surface area (Å²) in [4.78, 5) is 30.7. The largest absolute Gasteiger partial charge is 0.389 e. The number of fused-ring (bicyclic) bond motifs is 1. The van der Waals surface area contributed by atoms with Gasteiger partial charge in [-0.1, -0.05) is 18.3 Å². The Morgan fingerprint density at radius 1 is 1.17 bits per heavy atom. The molecule has 6 rings (SSSR count). The van der Waals surface area contributed by atoms with E-state index < -0.39 is 0 Å². The fourth-order valence-corrected chi connectivity index (χ4v) is 6.45. The zero-order chi connectivity index (χ0) is 29.4. The zero-order valence-electron chi connectivity index (χ0n) is 23.6. The van der Waals surface area contributed by atoms with Crippen LogP contribution < -0.4 is 9.80 Å². The number of amides is 1. The number of rotatable bonds is 7.